The van der Waals surface area contributed by atoms with Crippen LogP contribution >= 0.6 is 0 Å². The van der Waals surface area contributed by atoms with Crippen LogP contribution in [0.25, 0.3) is 30.4 Å². The molecule has 0 radical (unpaired) electrons. The third-order valence-corrected chi connectivity index (χ3v) is 8.76. The van der Waals surface area contributed by atoms with E-state index in [-0.39, 0.29) is 24.7 Å². The average molecular weight is 567 g/mol. The van der Waals surface area contributed by atoms with Crippen molar-refractivity contribution in [2.45, 2.75) is 53.4 Å². The van der Waals surface area contributed by atoms with Crippen LogP contribution in [-0.4, -0.2) is 37.1 Å². The van der Waals surface area contributed by atoms with E-state index in [9.17, 15) is 19.8 Å². The van der Waals surface area contributed by atoms with Crippen LogP contribution in [0.3, 0.4) is 0 Å². The maximum absolute atomic E-state index is 11.5. The van der Waals surface area contributed by atoms with Gasteiger partial charge in [0, 0.05) is 75.1 Å². The Labute approximate surface area is 245 Å². The van der Waals surface area contributed by atoms with E-state index in [0.29, 0.717) is 12.8 Å². The van der Waals surface area contributed by atoms with Gasteiger partial charge in [-0.1, -0.05) is 25.7 Å². The lowest BCUT2D eigenvalue weighted by Crippen LogP contribution is -2.14. The number of allylic oxidation sites excluding steroid dienone is 2. The number of hydrogen-bond acceptors (Lipinski definition) is 3. The number of aromatic nitrogens is 3. The molecule has 8 heteroatoms. The fourth-order valence-electron chi connectivity index (χ4n) is 6.23. The van der Waals surface area contributed by atoms with Crippen molar-refractivity contribution in [1.29, 1.82) is 0 Å². The molecule has 5 rings (SSSR count). The van der Waals surface area contributed by atoms with Crippen LogP contribution in [0.15, 0.2) is 30.6 Å². The van der Waals surface area contributed by atoms with Crippen LogP contribution in [0.4, 0.5) is 0 Å². The second kappa shape index (κ2) is 11.3. The molecule has 2 atom stereocenters. The van der Waals surface area contributed by atoms with Gasteiger partial charge in [-0.25, -0.2) is 0 Å². The SMILES string of the molecule is C=Cc1c2[nH]c(c1C)/C=C1\N/C(=C\c3[nH]c(c(CCC(=O)O)c3C)/C=c3\[nH]/c(c(C)c3CCC(=O)O)=C\2)[C@@H](C)C1C=C. The Morgan fingerprint density at radius 2 is 1.36 bits per heavy atom. The summed E-state index contributed by atoms with van der Waals surface area (Å²) in [6.07, 6.45) is 12.8. The van der Waals surface area contributed by atoms with Crippen molar-refractivity contribution >= 4 is 42.3 Å². The molecule has 6 N–H and O–H groups in total. The molecule has 1 saturated heterocycles. The van der Waals surface area contributed by atoms with E-state index < -0.39 is 11.9 Å². The van der Waals surface area contributed by atoms with Gasteiger partial charge in [0.05, 0.1) is 0 Å². The predicted molar refractivity (Wildman–Crippen MR) is 167 cm³/mol. The van der Waals surface area contributed by atoms with E-state index >= 15 is 0 Å². The zero-order valence-corrected chi connectivity index (χ0v) is 24.6. The van der Waals surface area contributed by atoms with Gasteiger partial charge in [0.15, 0.2) is 0 Å². The lowest BCUT2D eigenvalue weighted by molar-refractivity contribution is -0.138. The van der Waals surface area contributed by atoms with Gasteiger partial charge in [0.1, 0.15) is 0 Å². The van der Waals surface area contributed by atoms with Crippen molar-refractivity contribution in [2.24, 2.45) is 11.8 Å². The summed E-state index contributed by atoms with van der Waals surface area (Å²) in [5.74, 6) is -1.48. The molecule has 2 aliphatic heterocycles. The molecular weight excluding hydrogens is 528 g/mol. The normalized spacial score (nSPS) is 21.5. The van der Waals surface area contributed by atoms with Gasteiger partial charge in [-0.2, -0.15) is 0 Å². The summed E-state index contributed by atoms with van der Waals surface area (Å²) in [4.78, 5) is 33.8. The minimum atomic E-state index is -0.863. The summed E-state index contributed by atoms with van der Waals surface area (Å²) in [5.41, 5.74) is 11.5. The summed E-state index contributed by atoms with van der Waals surface area (Å²) < 4.78 is 0. The van der Waals surface area contributed by atoms with E-state index in [1.54, 1.807) is 0 Å². The van der Waals surface area contributed by atoms with E-state index in [2.05, 4.69) is 59.4 Å². The predicted octanol–water partition coefficient (Wildman–Crippen LogP) is 4.67. The van der Waals surface area contributed by atoms with E-state index in [0.717, 1.165) is 78.2 Å². The van der Waals surface area contributed by atoms with Crippen molar-refractivity contribution in [1.82, 2.24) is 20.3 Å². The van der Waals surface area contributed by atoms with Gasteiger partial charge in [0.2, 0.25) is 0 Å². The minimum Gasteiger partial charge on any atom is -0.481 e. The molecule has 42 heavy (non-hydrogen) atoms. The smallest absolute Gasteiger partial charge is 0.303 e. The molecule has 0 aromatic carbocycles. The number of carbonyl (C=O) groups is 2. The van der Waals surface area contributed by atoms with Crippen LogP contribution in [0.1, 0.15) is 75.9 Å². The maximum atomic E-state index is 11.5. The topological polar surface area (TPSA) is 134 Å². The van der Waals surface area contributed by atoms with Crippen molar-refractivity contribution < 1.29 is 19.8 Å². The van der Waals surface area contributed by atoms with E-state index in [1.807, 2.05) is 38.2 Å². The quantitative estimate of drug-likeness (QED) is 0.221. The highest BCUT2D eigenvalue weighted by Gasteiger charge is 2.31. The largest absolute Gasteiger partial charge is 0.481 e. The first-order chi connectivity index (χ1) is 20.0. The molecule has 218 valence electrons. The molecule has 0 saturated carbocycles. The Morgan fingerprint density at radius 3 is 2.00 bits per heavy atom. The van der Waals surface area contributed by atoms with Crippen LogP contribution in [0.2, 0.25) is 0 Å². The zero-order chi connectivity index (χ0) is 30.3. The van der Waals surface area contributed by atoms with Gasteiger partial charge in [-0.15, -0.1) is 6.58 Å². The number of fused-ring (bicyclic) bond motifs is 8. The molecule has 3 aromatic rings. The molecule has 5 heterocycles. The van der Waals surface area contributed by atoms with Crippen molar-refractivity contribution in [3.63, 3.8) is 0 Å². The first-order valence-corrected chi connectivity index (χ1v) is 14.3. The van der Waals surface area contributed by atoms with Crippen molar-refractivity contribution in [2.75, 3.05) is 0 Å². The Morgan fingerprint density at radius 1 is 0.762 bits per heavy atom. The Kier molecular flexibility index (Phi) is 7.73. The number of H-pyrrole nitrogens is 3. The average Bonchev–Trinajstić information content (AvgIpc) is 3.59. The Balaban J connectivity index is 1.85. The summed E-state index contributed by atoms with van der Waals surface area (Å²) in [7, 11) is 0. The number of nitrogens with one attached hydrogen (secondary N) is 4. The van der Waals surface area contributed by atoms with Crippen LogP contribution in [-0.2, 0) is 22.4 Å². The third-order valence-electron chi connectivity index (χ3n) is 8.76. The maximum Gasteiger partial charge on any atom is 0.303 e. The first kappa shape index (κ1) is 28.8. The molecule has 2 aliphatic rings. The number of rotatable bonds is 8. The molecule has 8 bridgehead atoms. The highest BCUT2D eigenvalue weighted by molar-refractivity contribution is 5.73. The van der Waals surface area contributed by atoms with Crippen molar-refractivity contribution in [3.05, 3.63) is 97.5 Å². The van der Waals surface area contributed by atoms with Crippen molar-refractivity contribution in [3.8, 4) is 0 Å². The first-order valence-electron chi connectivity index (χ1n) is 14.3. The molecular formula is C34H38N4O4. The summed E-state index contributed by atoms with van der Waals surface area (Å²) in [6, 6.07) is 0. The van der Waals surface area contributed by atoms with Gasteiger partial charge >= 0.3 is 11.9 Å². The Hall–Kier alpha value is -4.72. The molecule has 0 amide bonds. The lowest BCUT2D eigenvalue weighted by Gasteiger charge is -2.10. The van der Waals surface area contributed by atoms with Gasteiger partial charge in [-0.3, -0.25) is 9.59 Å². The van der Waals surface area contributed by atoms with E-state index in [4.69, 9.17) is 0 Å². The van der Waals surface area contributed by atoms with Crippen LogP contribution in [0, 0.1) is 32.6 Å². The number of carboxylic acid groups (broad SMARTS) is 2. The van der Waals surface area contributed by atoms with E-state index in [1.165, 1.54) is 0 Å². The highest BCUT2D eigenvalue weighted by atomic mass is 16.4. The summed E-state index contributed by atoms with van der Waals surface area (Å²) in [6.45, 7) is 16.4. The zero-order valence-electron chi connectivity index (χ0n) is 24.6. The minimum absolute atomic E-state index is 0.00277. The van der Waals surface area contributed by atoms with Crippen LogP contribution < -0.4 is 16.0 Å². The number of hydrogen-bond donors (Lipinski definition) is 6. The molecule has 0 aliphatic carbocycles. The Bertz CT molecular complexity index is 1810. The molecule has 1 unspecified atom stereocenters. The number of aliphatic carboxylic acids is 2. The second-order valence-electron chi connectivity index (χ2n) is 11.3. The second-order valence-corrected chi connectivity index (χ2v) is 11.3. The highest BCUT2D eigenvalue weighted by Crippen LogP contribution is 2.37. The number of carboxylic acids is 2. The third kappa shape index (κ3) is 5.20. The van der Waals surface area contributed by atoms with Gasteiger partial charge in [-0.05, 0) is 85.7 Å². The van der Waals surface area contributed by atoms with Gasteiger partial charge < -0.3 is 30.5 Å². The fourth-order valence-corrected chi connectivity index (χ4v) is 6.23. The molecule has 8 nitrogen and oxygen atoms in total. The molecule has 3 aromatic heterocycles. The summed E-state index contributed by atoms with van der Waals surface area (Å²) >= 11 is 0. The fraction of sp³-hybridized carbons (Fsp3) is 0.294. The number of aromatic amines is 3. The monoisotopic (exact) mass is 566 g/mol. The lowest BCUT2D eigenvalue weighted by atomic mass is 9.92. The molecule has 1 fully saturated rings. The molecule has 0 spiro atoms. The van der Waals surface area contributed by atoms with Crippen LogP contribution in [0.5, 0.6) is 0 Å². The standard InChI is InChI=1S/C34H38N4O4/c1-7-21-17(3)25-13-26-19(5)23(9-11-33(39)40)31(37-26)16-32-24(10-12-34(41)42)20(6)28(38-32)15-30-22(8-2)18(4)27(36-30)14-29(21)35-25/h7-8,13-17,21,35-38H,1-2,9-12H2,3-6H3,(H,39,40)(H,41,42)/b25-13-,28-15-,29-14-,32-16-/t17-,21?/m0/s1. The summed E-state index contributed by atoms with van der Waals surface area (Å²) in [5, 5.41) is 24.2. The van der Waals surface area contributed by atoms with Gasteiger partial charge in [0.25, 0.3) is 0 Å².